The van der Waals surface area contributed by atoms with Crippen molar-refractivity contribution in [3.05, 3.63) is 28.5 Å². The van der Waals surface area contributed by atoms with Gasteiger partial charge >= 0.3 is 0 Å². The van der Waals surface area contributed by atoms with Crippen molar-refractivity contribution in [1.29, 1.82) is 0 Å². The Morgan fingerprint density at radius 2 is 2.18 bits per heavy atom. The summed E-state index contributed by atoms with van der Waals surface area (Å²) < 4.78 is 14.2. The molecule has 1 saturated carbocycles. The zero-order chi connectivity index (χ0) is 7.90. The topological polar surface area (TPSA) is 12.9 Å². The summed E-state index contributed by atoms with van der Waals surface area (Å²) in [5.74, 6) is 0. The molecule has 0 bridgehead atoms. The van der Waals surface area contributed by atoms with Crippen molar-refractivity contribution in [3.8, 4) is 0 Å². The fourth-order valence-electron chi connectivity index (χ4n) is 1.01. The lowest BCUT2D eigenvalue weighted by Crippen LogP contribution is -1.99. The van der Waals surface area contributed by atoms with E-state index in [1.165, 1.54) is 0 Å². The Bertz CT molecular complexity index is 266. The lowest BCUT2D eigenvalue weighted by Gasteiger charge is -2.02. The molecule has 0 aliphatic heterocycles. The molecule has 0 radical (unpaired) electrons. The molecule has 2 rings (SSSR count). The Morgan fingerprint density at radius 1 is 1.45 bits per heavy atom. The van der Waals surface area contributed by atoms with Gasteiger partial charge in [-0.25, -0.2) is 4.39 Å². The van der Waals surface area contributed by atoms with Crippen LogP contribution in [0.5, 0.6) is 0 Å². The van der Waals surface area contributed by atoms with Crippen LogP contribution in [0.2, 0.25) is 0 Å². The molecule has 1 nitrogen and oxygen atoms in total. The highest BCUT2D eigenvalue weighted by atomic mass is 79.9. The van der Waals surface area contributed by atoms with E-state index in [-0.39, 0.29) is 0 Å². The number of hydrogen-bond acceptors (Lipinski definition) is 1. The van der Waals surface area contributed by atoms with Crippen molar-refractivity contribution >= 4 is 15.9 Å². The van der Waals surface area contributed by atoms with E-state index in [0.29, 0.717) is 18.5 Å². The molecule has 3 heteroatoms. The first-order valence-corrected chi connectivity index (χ1v) is 4.31. The Kier molecular flexibility index (Phi) is 1.49. The van der Waals surface area contributed by atoms with Gasteiger partial charge in [0.15, 0.2) is 5.67 Å². The van der Waals surface area contributed by atoms with E-state index in [0.717, 1.165) is 4.47 Å². The second-order valence-corrected chi connectivity index (χ2v) is 3.74. The highest BCUT2D eigenvalue weighted by Gasteiger charge is 2.46. The monoisotopic (exact) mass is 215 g/mol. The summed E-state index contributed by atoms with van der Waals surface area (Å²) >= 11 is 3.25. The normalized spacial score (nSPS) is 19.8. The average Bonchev–Trinajstić information content (AvgIpc) is 2.70. The van der Waals surface area contributed by atoms with Crippen LogP contribution in [0.25, 0.3) is 0 Å². The van der Waals surface area contributed by atoms with E-state index in [2.05, 4.69) is 20.9 Å². The van der Waals surface area contributed by atoms with Crippen LogP contribution in [0.15, 0.2) is 22.8 Å². The number of rotatable bonds is 1. The summed E-state index contributed by atoms with van der Waals surface area (Å²) in [7, 11) is 0. The first-order valence-electron chi connectivity index (χ1n) is 3.52. The molecule has 0 saturated heterocycles. The smallest absolute Gasteiger partial charge is 0.152 e. The molecular formula is C8H7BrFN. The van der Waals surface area contributed by atoms with Crippen molar-refractivity contribution in [2.24, 2.45) is 0 Å². The minimum absolute atomic E-state index is 0.570. The Hall–Kier alpha value is -0.440. The van der Waals surface area contributed by atoms with Crippen LogP contribution in [0.1, 0.15) is 18.5 Å². The first-order chi connectivity index (χ1) is 5.21. The van der Waals surface area contributed by atoms with Gasteiger partial charge in [0.2, 0.25) is 0 Å². The summed E-state index contributed by atoms with van der Waals surface area (Å²) in [4.78, 5) is 3.99. The highest BCUT2D eigenvalue weighted by Crippen LogP contribution is 2.48. The number of alkyl halides is 1. The van der Waals surface area contributed by atoms with Crippen molar-refractivity contribution in [1.82, 2.24) is 4.98 Å². The summed E-state index contributed by atoms with van der Waals surface area (Å²) in [6, 6.07) is 3.55. The molecule has 1 aromatic rings. The molecule has 1 aliphatic rings. The van der Waals surface area contributed by atoms with Crippen LogP contribution in [0, 0.1) is 0 Å². The van der Waals surface area contributed by atoms with E-state index in [9.17, 15) is 4.39 Å². The molecule has 1 aliphatic carbocycles. The number of halogens is 2. The Morgan fingerprint density at radius 3 is 2.64 bits per heavy atom. The van der Waals surface area contributed by atoms with Gasteiger partial charge in [-0.3, -0.25) is 4.98 Å². The standard InChI is InChI=1S/C8H7BrFN/c9-6-1-2-7(11-5-6)8(10)3-4-8/h1-2,5H,3-4H2. The zero-order valence-electron chi connectivity index (χ0n) is 5.85. The first kappa shape index (κ1) is 7.22. The van der Waals surface area contributed by atoms with E-state index in [4.69, 9.17) is 0 Å². The van der Waals surface area contributed by atoms with Crippen LogP contribution >= 0.6 is 15.9 Å². The van der Waals surface area contributed by atoms with Gasteiger partial charge in [0.1, 0.15) is 0 Å². The van der Waals surface area contributed by atoms with Crippen LogP contribution in [-0.2, 0) is 5.67 Å². The largest absolute Gasteiger partial charge is 0.257 e. The maximum Gasteiger partial charge on any atom is 0.152 e. The van der Waals surface area contributed by atoms with Crippen LogP contribution < -0.4 is 0 Å². The number of nitrogens with zero attached hydrogens (tertiary/aromatic N) is 1. The Balaban J connectivity index is 2.33. The molecule has 0 amide bonds. The SMILES string of the molecule is FC1(c2ccc(Br)cn2)CC1. The highest BCUT2D eigenvalue weighted by molar-refractivity contribution is 9.10. The number of hydrogen-bond donors (Lipinski definition) is 0. The molecule has 11 heavy (non-hydrogen) atoms. The lowest BCUT2D eigenvalue weighted by atomic mass is 10.2. The molecule has 1 aromatic heterocycles. The Labute approximate surface area is 72.8 Å². The van der Waals surface area contributed by atoms with Crippen molar-refractivity contribution in [2.75, 3.05) is 0 Å². The van der Waals surface area contributed by atoms with Crippen molar-refractivity contribution < 1.29 is 4.39 Å². The van der Waals surface area contributed by atoms with Crippen molar-refractivity contribution in [3.63, 3.8) is 0 Å². The number of aromatic nitrogens is 1. The minimum atomic E-state index is -1.10. The quantitative estimate of drug-likeness (QED) is 0.703. The molecule has 0 unspecified atom stereocenters. The molecular weight excluding hydrogens is 209 g/mol. The van der Waals surface area contributed by atoms with Gasteiger partial charge in [0.05, 0.1) is 5.69 Å². The fraction of sp³-hybridized carbons (Fsp3) is 0.375. The third-order valence-corrected chi connectivity index (χ3v) is 2.34. The molecule has 58 valence electrons. The van der Waals surface area contributed by atoms with E-state index < -0.39 is 5.67 Å². The fourth-order valence-corrected chi connectivity index (χ4v) is 1.24. The average molecular weight is 216 g/mol. The van der Waals surface area contributed by atoms with Crippen LogP contribution in [0.3, 0.4) is 0 Å². The summed E-state index contributed by atoms with van der Waals surface area (Å²) in [6.45, 7) is 0. The van der Waals surface area contributed by atoms with Gasteiger partial charge in [-0.2, -0.15) is 0 Å². The molecule has 1 heterocycles. The predicted octanol–water partition coefficient (Wildman–Crippen LogP) is 2.80. The summed E-state index contributed by atoms with van der Waals surface area (Å²) in [5.41, 5.74) is -0.526. The summed E-state index contributed by atoms with van der Waals surface area (Å²) in [6.07, 6.45) is 2.89. The minimum Gasteiger partial charge on any atom is -0.257 e. The molecule has 1 fully saturated rings. The molecule has 0 atom stereocenters. The maximum absolute atomic E-state index is 13.3. The van der Waals surface area contributed by atoms with Crippen molar-refractivity contribution in [2.45, 2.75) is 18.5 Å². The predicted molar refractivity (Wildman–Crippen MR) is 44.0 cm³/mol. The van der Waals surface area contributed by atoms with Crippen LogP contribution in [0.4, 0.5) is 4.39 Å². The third kappa shape index (κ3) is 1.29. The lowest BCUT2D eigenvalue weighted by molar-refractivity contribution is 0.309. The zero-order valence-corrected chi connectivity index (χ0v) is 7.44. The van der Waals surface area contributed by atoms with Gasteiger partial charge in [0.25, 0.3) is 0 Å². The second kappa shape index (κ2) is 2.27. The van der Waals surface area contributed by atoms with E-state index in [1.807, 2.05) is 6.07 Å². The van der Waals surface area contributed by atoms with Crippen LogP contribution in [-0.4, -0.2) is 4.98 Å². The van der Waals surface area contributed by atoms with Gasteiger partial charge in [-0.15, -0.1) is 0 Å². The van der Waals surface area contributed by atoms with Gasteiger partial charge < -0.3 is 0 Å². The third-order valence-electron chi connectivity index (χ3n) is 1.88. The molecule has 0 aromatic carbocycles. The number of pyridine rings is 1. The van der Waals surface area contributed by atoms with E-state index in [1.54, 1.807) is 12.3 Å². The van der Waals surface area contributed by atoms with Gasteiger partial charge in [0, 0.05) is 10.7 Å². The van der Waals surface area contributed by atoms with Gasteiger partial charge in [-0.1, -0.05) is 0 Å². The molecule has 0 N–H and O–H groups in total. The van der Waals surface area contributed by atoms with E-state index >= 15 is 0 Å². The summed E-state index contributed by atoms with van der Waals surface area (Å²) in [5, 5.41) is 0. The second-order valence-electron chi connectivity index (χ2n) is 2.83. The molecule has 0 spiro atoms. The maximum atomic E-state index is 13.3. The van der Waals surface area contributed by atoms with Gasteiger partial charge in [-0.05, 0) is 40.9 Å².